The number of benzene rings is 2. The minimum Gasteiger partial charge on any atom is -0.345 e. The number of primary sulfonamides is 1. The maximum Gasteiger partial charge on any atom is 0.252 e. The summed E-state index contributed by atoms with van der Waals surface area (Å²) in [5.74, 6) is -0.327. The third-order valence-corrected chi connectivity index (χ3v) is 4.94. The Labute approximate surface area is 142 Å². The zero-order valence-electron chi connectivity index (χ0n) is 14.3. The maximum absolute atomic E-state index is 12.6. The second-order valence-corrected chi connectivity index (χ2v) is 7.64. The molecule has 0 fully saturated rings. The minimum absolute atomic E-state index is 0.0716. The van der Waals surface area contributed by atoms with Crippen molar-refractivity contribution in [3.05, 3.63) is 64.2 Å². The number of nitrogens with two attached hydrogens (primary N) is 1. The predicted molar refractivity (Wildman–Crippen MR) is 94.3 cm³/mol. The molecule has 0 spiro atoms. The number of carbonyl (C=O) groups is 1. The van der Waals surface area contributed by atoms with Crippen LogP contribution in [0.4, 0.5) is 0 Å². The topological polar surface area (TPSA) is 89.3 Å². The summed E-state index contributed by atoms with van der Waals surface area (Å²) >= 11 is 0. The van der Waals surface area contributed by atoms with E-state index in [0.717, 1.165) is 16.7 Å². The molecule has 2 aromatic rings. The zero-order chi connectivity index (χ0) is 18.1. The highest BCUT2D eigenvalue weighted by molar-refractivity contribution is 7.89. The average Bonchev–Trinajstić information content (AvgIpc) is 2.48. The van der Waals surface area contributed by atoms with E-state index in [1.807, 2.05) is 39.0 Å². The molecular formula is C18H22N2O3S. The summed E-state index contributed by atoms with van der Waals surface area (Å²) in [7, 11) is -3.85. The smallest absolute Gasteiger partial charge is 0.252 e. The molecule has 0 aliphatic rings. The van der Waals surface area contributed by atoms with E-state index in [2.05, 4.69) is 5.32 Å². The molecule has 6 heteroatoms. The van der Waals surface area contributed by atoms with Gasteiger partial charge in [0.25, 0.3) is 5.91 Å². The number of carbonyl (C=O) groups excluding carboxylic acids is 1. The van der Waals surface area contributed by atoms with E-state index in [0.29, 0.717) is 11.1 Å². The van der Waals surface area contributed by atoms with Crippen LogP contribution in [0, 0.1) is 20.8 Å². The molecule has 128 valence electrons. The summed E-state index contributed by atoms with van der Waals surface area (Å²) in [6.45, 7) is 7.64. The van der Waals surface area contributed by atoms with Gasteiger partial charge in [-0.15, -0.1) is 0 Å². The van der Waals surface area contributed by atoms with Crippen LogP contribution in [0.3, 0.4) is 0 Å². The molecular weight excluding hydrogens is 324 g/mol. The van der Waals surface area contributed by atoms with Gasteiger partial charge in [-0.1, -0.05) is 29.8 Å². The number of amides is 1. The lowest BCUT2D eigenvalue weighted by molar-refractivity contribution is 0.0939. The third kappa shape index (κ3) is 4.01. The van der Waals surface area contributed by atoms with Crippen molar-refractivity contribution in [1.29, 1.82) is 0 Å². The van der Waals surface area contributed by atoms with Crippen LogP contribution in [0.1, 0.15) is 45.6 Å². The first-order valence-corrected chi connectivity index (χ1v) is 9.15. The van der Waals surface area contributed by atoms with Gasteiger partial charge in [-0.05, 0) is 56.5 Å². The average molecular weight is 346 g/mol. The lowest BCUT2D eigenvalue weighted by Crippen LogP contribution is -2.28. The van der Waals surface area contributed by atoms with Crippen LogP contribution in [0.25, 0.3) is 0 Å². The van der Waals surface area contributed by atoms with Gasteiger partial charge in [-0.25, -0.2) is 13.6 Å². The first-order chi connectivity index (χ1) is 11.1. The number of nitrogens with one attached hydrogen (secondary N) is 1. The Hall–Kier alpha value is -2.18. The van der Waals surface area contributed by atoms with Crippen molar-refractivity contribution in [3.8, 4) is 0 Å². The molecule has 0 aliphatic carbocycles. The Bertz CT molecular complexity index is 889. The molecule has 5 nitrogen and oxygen atoms in total. The van der Waals surface area contributed by atoms with Crippen molar-refractivity contribution in [3.63, 3.8) is 0 Å². The molecule has 1 amide bonds. The number of hydrogen-bond donors (Lipinski definition) is 2. The highest BCUT2D eigenvalue weighted by atomic mass is 32.2. The van der Waals surface area contributed by atoms with Crippen molar-refractivity contribution in [2.45, 2.75) is 38.6 Å². The van der Waals surface area contributed by atoms with Gasteiger partial charge in [-0.2, -0.15) is 0 Å². The van der Waals surface area contributed by atoms with Crippen molar-refractivity contribution in [2.24, 2.45) is 5.14 Å². The van der Waals surface area contributed by atoms with Gasteiger partial charge < -0.3 is 5.32 Å². The van der Waals surface area contributed by atoms with Crippen molar-refractivity contribution in [1.82, 2.24) is 5.32 Å². The van der Waals surface area contributed by atoms with Crippen LogP contribution in [-0.4, -0.2) is 14.3 Å². The summed E-state index contributed by atoms with van der Waals surface area (Å²) in [5.41, 5.74) is 4.22. The van der Waals surface area contributed by atoms with Crippen molar-refractivity contribution < 1.29 is 13.2 Å². The summed E-state index contributed by atoms with van der Waals surface area (Å²) in [4.78, 5) is 12.5. The lowest BCUT2D eigenvalue weighted by Gasteiger charge is -2.18. The van der Waals surface area contributed by atoms with Crippen LogP contribution in [0.15, 0.2) is 41.3 Å². The van der Waals surface area contributed by atoms with E-state index in [1.54, 1.807) is 13.0 Å². The second kappa shape index (κ2) is 6.75. The Morgan fingerprint density at radius 3 is 2.29 bits per heavy atom. The van der Waals surface area contributed by atoms with Gasteiger partial charge in [0.1, 0.15) is 0 Å². The molecule has 0 aliphatic heterocycles. The van der Waals surface area contributed by atoms with Crippen LogP contribution >= 0.6 is 0 Å². The molecule has 24 heavy (non-hydrogen) atoms. The molecule has 0 bridgehead atoms. The number of rotatable bonds is 4. The van der Waals surface area contributed by atoms with E-state index in [9.17, 15) is 13.2 Å². The molecule has 2 aromatic carbocycles. The molecule has 0 radical (unpaired) electrons. The fourth-order valence-corrected chi connectivity index (χ4v) is 3.14. The monoisotopic (exact) mass is 346 g/mol. The van der Waals surface area contributed by atoms with Crippen LogP contribution < -0.4 is 10.5 Å². The van der Waals surface area contributed by atoms with Gasteiger partial charge in [-0.3, -0.25) is 4.79 Å². The first kappa shape index (κ1) is 18.2. The Kier molecular flexibility index (Phi) is 5.11. The molecule has 0 saturated carbocycles. The molecule has 0 aromatic heterocycles. The van der Waals surface area contributed by atoms with Gasteiger partial charge in [0, 0.05) is 5.56 Å². The zero-order valence-corrected chi connectivity index (χ0v) is 15.1. The minimum atomic E-state index is -3.85. The fraction of sp³-hybridized carbons (Fsp3) is 0.278. The molecule has 0 saturated heterocycles. The van der Waals surface area contributed by atoms with E-state index in [1.165, 1.54) is 12.1 Å². The fourth-order valence-electron chi connectivity index (χ4n) is 2.60. The summed E-state index contributed by atoms with van der Waals surface area (Å²) in [6.07, 6.45) is 0. The highest BCUT2D eigenvalue weighted by Gasteiger charge is 2.17. The van der Waals surface area contributed by atoms with Crippen molar-refractivity contribution >= 4 is 15.9 Å². The molecule has 2 rings (SSSR count). The predicted octanol–water partition coefficient (Wildman–Crippen LogP) is 2.75. The van der Waals surface area contributed by atoms with Crippen LogP contribution in [0.5, 0.6) is 0 Å². The molecule has 0 heterocycles. The van der Waals surface area contributed by atoms with E-state index < -0.39 is 10.0 Å². The molecule has 1 unspecified atom stereocenters. The quantitative estimate of drug-likeness (QED) is 0.892. The van der Waals surface area contributed by atoms with E-state index in [-0.39, 0.29) is 16.8 Å². The first-order valence-electron chi connectivity index (χ1n) is 7.61. The number of aryl methyl sites for hydroxylation is 3. The van der Waals surface area contributed by atoms with E-state index in [4.69, 9.17) is 5.14 Å². The lowest BCUT2D eigenvalue weighted by atomic mass is 9.99. The van der Waals surface area contributed by atoms with E-state index >= 15 is 0 Å². The summed E-state index contributed by atoms with van der Waals surface area (Å²) in [6, 6.07) is 10.2. The van der Waals surface area contributed by atoms with Crippen LogP contribution in [-0.2, 0) is 10.0 Å². The Balaban J connectivity index is 2.31. The Morgan fingerprint density at radius 1 is 1.04 bits per heavy atom. The second-order valence-electron chi connectivity index (χ2n) is 6.08. The highest BCUT2D eigenvalue weighted by Crippen LogP contribution is 2.21. The Morgan fingerprint density at radius 2 is 1.67 bits per heavy atom. The number of hydrogen-bond acceptors (Lipinski definition) is 3. The standard InChI is InChI=1S/C18H22N2O3S/c1-11-5-6-12(2)16(9-11)14(4)20-18(21)17-10-15(24(19,22)23)8-7-13(17)3/h5-10,14H,1-4H3,(H,20,21)(H2,19,22,23). The molecule has 1 atom stereocenters. The maximum atomic E-state index is 12.6. The largest absolute Gasteiger partial charge is 0.345 e. The van der Waals surface area contributed by atoms with Gasteiger partial charge in [0.15, 0.2) is 0 Å². The van der Waals surface area contributed by atoms with Crippen LogP contribution in [0.2, 0.25) is 0 Å². The molecule has 3 N–H and O–H groups in total. The van der Waals surface area contributed by atoms with Gasteiger partial charge in [0.2, 0.25) is 10.0 Å². The van der Waals surface area contributed by atoms with Gasteiger partial charge in [0.05, 0.1) is 10.9 Å². The van der Waals surface area contributed by atoms with Crippen molar-refractivity contribution in [2.75, 3.05) is 0 Å². The summed E-state index contributed by atoms with van der Waals surface area (Å²) < 4.78 is 23.0. The third-order valence-electron chi connectivity index (χ3n) is 4.03. The normalized spacial score (nSPS) is 12.7. The summed E-state index contributed by atoms with van der Waals surface area (Å²) in [5, 5.41) is 8.07. The SMILES string of the molecule is Cc1ccc(C)c(C(C)NC(=O)c2cc(S(N)(=O)=O)ccc2C)c1. The van der Waals surface area contributed by atoms with Gasteiger partial charge >= 0.3 is 0 Å². The number of sulfonamides is 1.